The Labute approximate surface area is 200 Å². The van der Waals surface area contributed by atoms with Crippen molar-refractivity contribution in [3.63, 3.8) is 0 Å². The van der Waals surface area contributed by atoms with Gasteiger partial charge < -0.3 is 20.3 Å². The number of anilines is 1. The summed E-state index contributed by atoms with van der Waals surface area (Å²) in [5.74, 6) is -0.828. The molecule has 2 aromatic carbocycles. The Bertz CT molecular complexity index is 1250. The fourth-order valence-electron chi connectivity index (χ4n) is 3.85. The van der Waals surface area contributed by atoms with E-state index in [-0.39, 0.29) is 11.7 Å². The van der Waals surface area contributed by atoms with Crippen LogP contribution in [-0.4, -0.2) is 49.3 Å². The molecule has 1 aliphatic rings. The number of carbonyl (C=O) groups excluding carboxylic acids is 4. The van der Waals surface area contributed by atoms with Crippen molar-refractivity contribution in [2.45, 2.75) is 13.0 Å². The molecule has 8 nitrogen and oxygen atoms in total. The molecular formula is C25H23N3O5S. The Hall–Kier alpha value is -3.98. The number of carbonyl (C=O) groups is 4. The lowest BCUT2D eigenvalue weighted by atomic mass is 10.0. The van der Waals surface area contributed by atoms with Crippen LogP contribution in [0, 0.1) is 0 Å². The second kappa shape index (κ2) is 9.88. The zero-order valence-electron chi connectivity index (χ0n) is 18.7. The van der Waals surface area contributed by atoms with Gasteiger partial charge in [0.1, 0.15) is 5.00 Å². The van der Waals surface area contributed by atoms with Crippen LogP contribution < -0.4 is 10.6 Å². The molecule has 0 radical (unpaired) electrons. The number of ether oxygens (including phenoxy) is 1. The first-order valence-electron chi connectivity index (χ1n) is 10.6. The van der Waals surface area contributed by atoms with E-state index in [0.29, 0.717) is 46.8 Å². The Morgan fingerprint density at radius 2 is 1.56 bits per heavy atom. The van der Waals surface area contributed by atoms with Gasteiger partial charge in [0.25, 0.3) is 11.8 Å². The predicted octanol–water partition coefficient (Wildman–Crippen LogP) is 3.72. The molecule has 0 saturated heterocycles. The topological polar surface area (TPSA) is 105 Å². The number of nitrogens with one attached hydrogen (secondary N) is 2. The van der Waals surface area contributed by atoms with Gasteiger partial charge in [-0.1, -0.05) is 42.5 Å². The normalized spacial score (nSPS) is 12.5. The molecule has 0 unspecified atom stereocenters. The highest BCUT2D eigenvalue weighted by molar-refractivity contribution is 7.17. The lowest BCUT2D eigenvalue weighted by Crippen LogP contribution is -2.35. The van der Waals surface area contributed by atoms with E-state index in [1.807, 2.05) is 6.07 Å². The second-order valence-corrected chi connectivity index (χ2v) is 8.76. The van der Waals surface area contributed by atoms with E-state index in [2.05, 4.69) is 10.6 Å². The van der Waals surface area contributed by atoms with E-state index in [9.17, 15) is 19.2 Å². The van der Waals surface area contributed by atoms with E-state index < -0.39 is 12.0 Å². The number of hydrogen-bond donors (Lipinski definition) is 2. The lowest BCUT2D eigenvalue weighted by molar-refractivity contribution is 0.0961. The molecule has 1 aromatic heterocycles. The molecular weight excluding hydrogens is 454 g/mol. The third-order valence-corrected chi connectivity index (χ3v) is 6.75. The number of nitrogens with zero attached hydrogens (tertiary/aromatic N) is 1. The quantitative estimate of drug-likeness (QED) is 0.545. The molecule has 0 saturated carbocycles. The highest BCUT2D eigenvalue weighted by Gasteiger charge is 2.30. The molecule has 1 aliphatic heterocycles. The van der Waals surface area contributed by atoms with Gasteiger partial charge in [-0.05, 0) is 24.1 Å². The average molecular weight is 478 g/mol. The summed E-state index contributed by atoms with van der Waals surface area (Å²) in [6.07, 6.45) is 0.0480. The Kier molecular flexibility index (Phi) is 6.74. The van der Waals surface area contributed by atoms with Gasteiger partial charge in [0.15, 0.2) is 5.78 Å². The van der Waals surface area contributed by atoms with Crippen molar-refractivity contribution in [2.75, 3.05) is 26.0 Å². The summed E-state index contributed by atoms with van der Waals surface area (Å²) in [7, 11) is 2.86. The van der Waals surface area contributed by atoms with Crippen LogP contribution >= 0.6 is 11.3 Å². The summed E-state index contributed by atoms with van der Waals surface area (Å²) in [5, 5.41) is 5.88. The molecule has 174 valence electrons. The van der Waals surface area contributed by atoms with Crippen LogP contribution in [0.15, 0.2) is 54.6 Å². The number of thiophene rings is 1. The molecule has 34 heavy (non-hydrogen) atoms. The molecule has 4 rings (SSSR count). The van der Waals surface area contributed by atoms with Crippen molar-refractivity contribution < 1.29 is 23.9 Å². The van der Waals surface area contributed by atoms with Crippen LogP contribution in [0.25, 0.3) is 0 Å². The van der Waals surface area contributed by atoms with Crippen molar-refractivity contribution >= 4 is 40.0 Å². The highest BCUT2D eigenvalue weighted by atomic mass is 32.1. The van der Waals surface area contributed by atoms with Gasteiger partial charge in [0, 0.05) is 35.2 Å². The number of amides is 3. The van der Waals surface area contributed by atoms with Gasteiger partial charge in [-0.25, -0.2) is 4.79 Å². The van der Waals surface area contributed by atoms with Crippen molar-refractivity contribution in [3.8, 4) is 0 Å². The van der Waals surface area contributed by atoms with E-state index in [0.717, 1.165) is 10.4 Å². The van der Waals surface area contributed by atoms with E-state index in [1.54, 1.807) is 53.4 Å². The number of methoxy groups -OCH3 is 1. The first-order valence-corrected chi connectivity index (χ1v) is 11.4. The van der Waals surface area contributed by atoms with Crippen LogP contribution in [0.1, 0.15) is 47.1 Å². The number of ketones is 1. The second-order valence-electron chi connectivity index (χ2n) is 7.66. The fraction of sp³-hybridized carbons (Fsp3) is 0.200. The summed E-state index contributed by atoms with van der Waals surface area (Å²) in [6.45, 7) is 0.730. The largest absolute Gasteiger partial charge is 0.453 e. The van der Waals surface area contributed by atoms with Crippen molar-refractivity contribution in [3.05, 3.63) is 87.3 Å². The standard InChI is InChI=1S/C25H23N3O5S/c1-26-23(31)20-18-12-13-28(25(32)33-2)14-19(18)34-24(20)27-22(30)17-10-8-16(9-11-17)21(29)15-6-4-3-5-7-15/h3-11H,12-14H2,1-2H3,(H,26,31)(H,27,30). The van der Waals surface area contributed by atoms with Crippen molar-refractivity contribution in [1.29, 1.82) is 0 Å². The number of benzene rings is 2. The van der Waals surface area contributed by atoms with Crippen LogP contribution in [0.5, 0.6) is 0 Å². The van der Waals surface area contributed by atoms with Gasteiger partial charge in [0.2, 0.25) is 0 Å². The summed E-state index contributed by atoms with van der Waals surface area (Å²) >= 11 is 1.27. The van der Waals surface area contributed by atoms with E-state index >= 15 is 0 Å². The monoisotopic (exact) mass is 477 g/mol. The molecule has 3 amide bonds. The smallest absolute Gasteiger partial charge is 0.409 e. The predicted molar refractivity (Wildman–Crippen MR) is 128 cm³/mol. The summed E-state index contributed by atoms with van der Waals surface area (Å²) in [6, 6.07) is 15.3. The first-order chi connectivity index (χ1) is 16.4. The molecule has 9 heteroatoms. The maximum atomic E-state index is 13.0. The van der Waals surface area contributed by atoms with Crippen LogP contribution in [0.2, 0.25) is 0 Å². The maximum absolute atomic E-state index is 13.0. The highest BCUT2D eigenvalue weighted by Crippen LogP contribution is 2.37. The van der Waals surface area contributed by atoms with Gasteiger partial charge >= 0.3 is 6.09 Å². The molecule has 2 heterocycles. The average Bonchev–Trinajstić information content (AvgIpc) is 3.24. The van der Waals surface area contributed by atoms with Gasteiger partial charge in [0.05, 0.1) is 19.2 Å². The fourth-order valence-corrected chi connectivity index (χ4v) is 5.10. The molecule has 0 fully saturated rings. The minimum absolute atomic E-state index is 0.129. The molecule has 0 bridgehead atoms. The third kappa shape index (κ3) is 4.55. The van der Waals surface area contributed by atoms with E-state index in [1.165, 1.54) is 25.5 Å². The Balaban J connectivity index is 1.56. The zero-order chi connectivity index (χ0) is 24.2. The van der Waals surface area contributed by atoms with Gasteiger partial charge in [-0.3, -0.25) is 14.4 Å². The van der Waals surface area contributed by atoms with Crippen LogP contribution in [0.3, 0.4) is 0 Å². The SMILES string of the molecule is CNC(=O)c1c(NC(=O)c2ccc(C(=O)c3ccccc3)cc2)sc2c1CCN(C(=O)OC)C2. The minimum Gasteiger partial charge on any atom is -0.453 e. The summed E-state index contributed by atoms with van der Waals surface area (Å²) in [4.78, 5) is 52.5. The van der Waals surface area contributed by atoms with Crippen LogP contribution in [0.4, 0.5) is 9.80 Å². The molecule has 0 spiro atoms. The number of rotatable bonds is 5. The maximum Gasteiger partial charge on any atom is 0.409 e. The van der Waals surface area contributed by atoms with Crippen LogP contribution in [-0.2, 0) is 17.7 Å². The molecule has 3 aromatic rings. The molecule has 0 aliphatic carbocycles. The lowest BCUT2D eigenvalue weighted by Gasteiger charge is -2.25. The number of fused-ring (bicyclic) bond motifs is 1. The first kappa shape index (κ1) is 23.2. The van der Waals surface area contributed by atoms with Crippen molar-refractivity contribution in [2.24, 2.45) is 0 Å². The van der Waals surface area contributed by atoms with Gasteiger partial charge in [-0.15, -0.1) is 11.3 Å². The van der Waals surface area contributed by atoms with Crippen molar-refractivity contribution in [1.82, 2.24) is 10.2 Å². The molecule has 0 atom stereocenters. The third-order valence-electron chi connectivity index (χ3n) is 5.62. The summed E-state index contributed by atoms with van der Waals surface area (Å²) in [5.41, 5.74) is 2.64. The Morgan fingerprint density at radius 1 is 0.912 bits per heavy atom. The Morgan fingerprint density at radius 3 is 2.21 bits per heavy atom. The summed E-state index contributed by atoms with van der Waals surface area (Å²) < 4.78 is 4.81. The van der Waals surface area contributed by atoms with Gasteiger partial charge in [-0.2, -0.15) is 0 Å². The minimum atomic E-state index is -0.434. The number of hydrogen-bond acceptors (Lipinski definition) is 6. The van der Waals surface area contributed by atoms with E-state index in [4.69, 9.17) is 4.74 Å². The zero-order valence-corrected chi connectivity index (χ0v) is 19.5. The molecule has 2 N–H and O–H groups in total.